The Morgan fingerprint density at radius 1 is 1.10 bits per heavy atom. The van der Waals surface area contributed by atoms with E-state index in [2.05, 4.69) is 41.9 Å². The Hall–Kier alpha value is -1.19. The summed E-state index contributed by atoms with van der Waals surface area (Å²) in [6, 6.07) is 12.8. The summed E-state index contributed by atoms with van der Waals surface area (Å²) in [7, 11) is 0. The van der Waals surface area contributed by atoms with Crippen LogP contribution in [0.2, 0.25) is 0 Å². The molecule has 0 amide bonds. The molecular weight excluding hydrogens is 319 g/mol. The van der Waals surface area contributed by atoms with Gasteiger partial charge in [0.25, 0.3) is 0 Å². The first-order valence-corrected chi connectivity index (χ1v) is 7.48. The van der Waals surface area contributed by atoms with E-state index in [9.17, 15) is 9.50 Å². The lowest BCUT2D eigenvalue weighted by molar-refractivity contribution is 0.173. The van der Waals surface area contributed by atoms with E-state index in [1.807, 2.05) is 12.1 Å². The molecular formula is C17H18BrFO. The highest BCUT2D eigenvalue weighted by molar-refractivity contribution is 9.10. The van der Waals surface area contributed by atoms with E-state index in [1.165, 1.54) is 11.6 Å². The van der Waals surface area contributed by atoms with Crippen molar-refractivity contribution in [3.63, 3.8) is 0 Å². The summed E-state index contributed by atoms with van der Waals surface area (Å²) in [6.07, 6.45) is -0.412. The number of hydrogen-bond acceptors (Lipinski definition) is 1. The minimum atomic E-state index is -0.826. The second kappa shape index (κ2) is 6.51. The Labute approximate surface area is 127 Å². The molecule has 1 N–H and O–H groups in total. The zero-order valence-electron chi connectivity index (χ0n) is 11.6. The zero-order valence-corrected chi connectivity index (χ0v) is 13.2. The van der Waals surface area contributed by atoms with Crippen molar-refractivity contribution in [3.05, 3.63) is 69.4 Å². The number of aliphatic hydroxyl groups excluding tert-OH is 1. The first-order valence-electron chi connectivity index (χ1n) is 6.69. The van der Waals surface area contributed by atoms with E-state index in [0.29, 0.717) is 22.4 Å². The summed E-state index contributed by atoms with van der Waals surface area (Å²) < 4.78 is 14.5. The zero-order chi connectivity index (χ0) is 14.7. The van der Waals surface area contributed by atoms with Crippen LogP contribution in [0.3, 0.4) is 0 Å². The molecule has 0 radical (unpaired) electrons. The molecule has 0 aromatic heterocycles. The van der Waals surface area contributed by atoms with Crippen molar-refractivity contribution in [1.82, 2.24) is 0 Å². The van der Waals surface area contributed by atoms with Gasteiger partial charge in [-0.1, -0.05) is 60.1 Å². The largest absolute Gasteiger partial charge is 0.388 e. The van der Waals surface area contributed by atoms with Crippen molar-refractivity contribution in [1.29, 1.82) is 0 Å². The fourth-order valence-electron chi connectivity index (χ4n) is 2.14. The van der Waals surface area contributed by atoms with Gasteiger partial charge in [0.1, 0.15) is 5.82 Å². The predicted molar refractivity (Wildman–Crippen MR) is 83.3 cm³/mol. The smallest absolute Gasteiger partial charge is 0.130 e. The maximum absolute atomic E-state index is 13.8. The quantitative estimate of drug-likeness (QED) is 0.833. The first-order chi connectivity index (χ1) is 9.47. The lowest BCUT2D eigenvalue weighted by atomic mass is 9.97. The van der Waals surface area contributed by atoms with Crippen LogP contribution in [0.1, 0.15) is 42.6 Å². The van der Waals surface area contributed by atoms with E-state index in [4.69, 9.17) is 0 Å². The van der Waals surface area contributed by atoms with E-state index >= 15 is 0 Å². The minimum absolute atomic E-state index is 0.334. The van der Waals surface area contributed by atoms with Crippen LogP contribution in [0.25, 0.3) is 0 Å². The van der Waals surface area contributed by atoms with Gasteiger partial charge in [0.15, 0.2) is 0 Å². The van der Waals surface area contributed by atoms with Crippen LogP contribution in [0.15, 0.2) is 46.9 Å². The van der Waals surface area contributed by atoms with Gasteiger partial charge in [-0.15, -0.1) is 0 Å². The summed E-state index contributed by atoms with van der Waals surface area (Å²) >= 11 is 3.21. The Bertz CT molecular complexity index is 578. The monoisotopic (exact) mass is 336 g/mol. The third kappa shape index (κ3) is 3.68. The van der Waals surface area contributed by atoms with Crippen molar-refractivity contribution in [2.75, 3.05) is 0 Å². The molecule has 0 aliphatic rings. The highest BCUT2D eigenvalue weighted by Gasteiger charge is 2.13. The average molecular weight is 337 g/mol. The van der Waals surface area contributed by atoms with Crippen molar-refractivity contribution in [3.8, 4) is 0 Å². The average Bonchev–Trinajstić information content (AvgIpc) is 2.39. The van der Waals surface area contributed by atoms with Crippen molar-refractivity contribution < 1.29 is 9.50 Å². The van der Waals surface area contributed by atoms with Crippen LogP contribution < -0.4 is 0 Å². The van der Waals surface area contributed by atoms with E-state index < -0.39 is 6.10 Å². The third-order valence-electron chi connectivity index (χ3n) is 3.40. The van der Waals surface area contributed by atoms with Gasteiger partial charge >= 0.3 is 0 Å². The van der Waals surface area contributed by atoms with Crippen molar-refractivity contribution >= 4 is 15.9 Å². The summed E-state index contributed by atoms with van der Waals surface area (Å²) in [5.74, 6) is 0.101. The molecule has 106 valence electrons. The molecule has 0 saturated heterocycles. The number of halogens is 2. The molecule has 0 bridgehead atoms. The fraction of sp³-hybridized carbons (Fsp3) is 0.294. The second-order valence-electron chi connectivity index (χ2n) is 5.28. The number of benzene rings is 2. The van der Waals surface area contributed by atoms with Crippen molar-refractivity contribution in [2.24, 2.45) is 0 Å². The molecule has 3 heteroatoms. The molecule has 0 aliphatic heterocycles. The van der Waals surface area contributed by atoms with Crippen LogP contribution in [0.4, 0.5) is 4.39 Å². The standard InChI is InChI=1S/C17H18BrFO/c1-11(2)13-5-3-12(4-6-13)9-17(20)15-8-7-14(18)10-16(15)19/h3-8,10-11,17,20H,9H2,1-2H3. The molecule has 1 unspecified atom stereocenters. The topological polar surface area (TPSA) is 20.2 Å². The number of rotatable bonds is 4. The summed E-state index contributed by atoms with van der Waals surface area (Å²) in [6.45, 7) is 4.28. The molecule has 0 heterocycles. The third-order valence-corrected chi connectivity index (χ3v) is 3.89. The maximum atomic E-state index is 13.8. The Balaban J connectivity index is 2.12. The number of aliphatic hydroxyl groups is 1. The van der Waals surface area contributed by atoms with Gasteiger partial charge in [-0.25, -0.2) is 4.39 Å². The van der Waals surface area contributed by atoms with Crippen LogP contribution >= 0.6 is 15.9 Å². The Kier molecular flexibility index (Phi) is 4.95. The van der Waals surface area contributed by atoms with Crippen LogP contribution in [-0.2, 0) is 6.42 Å². The van der Waals surface area contributed by atoms with Gasteiger partial charge in [0, 0.05) is 16.5 Å². The molecule has 2 aromatic rings. The van der Waals surface area contributed by atoms with Gasteiger partial charge in [0.05, 0.1) is 6.10 Å². The normalized spacial score (nSPS) is 12.7. The minimum Gasteiger partial charge on any atom is -0.388 e. The molecule has 0 spiro atoms. The Morgan fingerprint density at radius 2 is 1.75 bits per heavy atom. The molecule has 1 nitrogen and oxygen atoms in total. The predicted octanol–water partition coefficient (Wildman–Crippen LogP) is 4.99. The van der Waals surface area contributed by atoms with E-state index in [0.717, 1.165) is 5.56 Å². The lowest BCUT2D eigenvalue weighted by Gasteiger charge is -2.13. The molecule has 2 rings (SSSR count). The molecule has 20 heavy (non-hydrogen) atoms. The highest BCUT2D eigenvalue weighted by atomic mass is 79.9. The molecule has 0 aliphatic carbocycles. The van der Waals surface area contributed by atoms with Crippen LogP contribution in [0, 0.1) is 5.82 Å². The molecule has 0 saturated carbocycles. The highest BCUT2D eigenvalue weighted by Crippen LogP contribution is 2.24. The fourth-order valence-corrected chi connectivity index (χ4v) is 2.48. The number of hydrogen-bond donors (Lipinski definition) is 1. The van der Waals surface area contributed by atoms with Crippen LogP contribution in [-0.4, -0.2) is 5.11 Å². The SMILES string of the molecule is CC(C)c1ccc(CC(O)c2ccc(Br)cc2F)cc1. The van der Waals surface area contributed by atoms with Crippen LogP contribution in [0.5, 0.6) is 0 Å². The van der Waals surface area contributed by atoms with Gasteiger partial charge in [-0.3, -0.25) is 0 Å². The second-order valence-corrected chi connectivity index (χ2v) is 6.20. The van der Waals surface area contributed by atoms with Gasteiger partial charge < -0.3 is 5.11 Å². The molecule has 0 fully saturated rings. The van der Waals surface area contributed by atoms with Gasteiger partial charge in [-0.2, -0.15) is 0 Å². The van der Waals surface area contributed by atoms with E-state index in [1.54, 1.807) is 12.1 Å². The molecule has 2 aromatic carbocycles. The first kappa shape index (κ1) is 15.2. The van der Waals surface area contributed by atoms with Gasteiger partial charge in [0.2, 0.25) is 0 Å². The Morgan fingerprint density at radius 3 is 2.30 bits per heavy atom. The summed E-state index contributed by atoms with van der Waals surface area (Å²) in [5.41, 5.74) is 2.60. The van der Waals surface area contributed by atoms with Gasteiger partial charge in [-0.05, 0) is 29.2 Å². The van der Waals surface area contributed by atoms with E-state index in [-0.39, 0.29) is 5.82 Å². The molecule has 1 atom stereocenters. The maximum Gasteiger partial charge on any atom is 0.130 e. The van der Waals surface area contributed by atoms with Crippen molar-refractivity contribution in [2.45, 2.75) is 32.3 Å². The summed E-state index contributed by atoms with van der Waals surface area (Å²) in [4.78, 5) is 0. The summed E-state index contributed by atoms with van der Waals surface area (Å²) in [5, 5.41) is 10.2. The lowest BCUT2D eigenvalue weighted by Crippen LogP contribution is -2.04.